The normalized spacial score (nSPS) is 11.0. The molecule has 0 aliphatic heterocycles. The maximum Gasteiger partial charge on any atom is 0.252 e. The summed E-state index contributed by atoms with van der Waals surface area (Å²) in [6, 6.07) is 11.7. The van der Waals surface area contributed by atoms with E-state index in [0.717, 1.165) is 23.3 Å². The number of aromatic nitrogens is 2. The molecule has 0 aliphatic rings. The zero-order valence-corrected chi connectivity index (χ0v) is 12.7. The average molecular weight is 297 g/mol. The number of nitrogens with zero attached hydrogens (tertiary/aromatic N) is 2. The van der Waals surface area contributed by atoms with Crippen molar-refractivity contribution in [2.45, 2.75) is 6.54 Å². The van der Waals surface area contributed by atoms with E-state index in [9.17, 15) is 4.79 Å². The Bertz CT molecular complexity index is 848. The molecule has 2 heterocycles. The summed E-state index contributed by atoms with van der Waals surface area (Å²) in [6.45, 7) is 1.53. The summed E-state index contributed by atoms with van der Waals surface area (Å²) in [5.74, 6) is 0. The molecular formula is C17H19N3O2. The second-order valence-electron chi connectivity index (χ2n) is 5.27. The quantitative estimate of drug-likeness (QED) is 0.787. The van der Waals surface area contributed by atoms with Crippen LogP contribution in [0, 0.1) is 0 Å². The molecule has 0 radical (unpaired) electrons. The molecular weight excluding hydrogens is 278 g/mol. The molecule has 0 amide bonds. The number of methoxy groups -OCH3 is 1. The molecule has 0 unspecified atom stereocenters. The van der Waals surface area contributed by atoms with Crippen LogP contribution >= 0.6 is 0 Å². The first kappa shape index (κ1) is 14.4. The molecule has 0 spiro atoms. The van der Waals surface area contributed by atoms with Crippen molar-refractivity contribution < 1.29 is 4.74 Å². The van der Waals surface area contributed by atoms with Crippen LogP contribution in [-0.2, 0) is 18.3 Å². The summed E-state index contributed by atoms with van der Waals surface area (Å²) in [4.78, 5) is 11.7. The maximum absolute atomic E-state index is 11.7. The number of aryl methyl sites for hydroxylation is 1. The van der Waals surface area contributed by atoms with Crippen molar-refractivity contribution in [2.24, 2.45) is 7.05 Å². The minimum atomic E-state index is -0.0307. The molecule has 3 rings (SSSR count). The number of anilines is 2. The molecule has 0 fully saturated rings. The van der Waals surface area contributed by atoms with Crippen LogP contribution < -0.4 is 10.9 Å². The first-order valence-corrected chi connectivity index (χ1v) is 7.19. The summed E-state index contributed by atoms with van der Waals surface area (Å²) in [5, 5.41) is 4.43. The van der Waals surface area contributed by atoms with Crippen LogP contribution in [0.3, 0.4) is 0 Å². The van der Waals surface area contributed by atoms with Crippen molar-refractivity contribution >= 4 is 22.3 Å². The van der Waals surface area contributed by atoms with E-state index in [1.807, 2.05) is 12.1 Å². The molecule has 1 aromatic carbocycles. The van der Waals surface area contributed by atoms with Gasteiger partial charge in [-0.2, -0.15) is 0 Å². The summed E-state index contributed by atoms with van der Waals surface area (Å²) < 4.78 is 8.84. The summed E-state index contributed by atoms with van der Waals surface area (Å²) in [7, 11) is 3.44. The van der Waals surface area contributed by atoms with Crippen molar-refractivity contribution in [1.29, 1.82) is 0 Å². The smallest absolute Gasteiger partial charge is 0.252 e. The molecule has 0 saturated carbocycles. The van der Waals surface area contributed by atoms with Crippen molar-refractivity contribution in [2.75, 3.05) is 19.0 Å². The zero-order chi connectivity index (χ0) is 15.5. The van der Waals surface area contributed by atoms with E-state index in [2.05, 4.69) is 34.3 Å². The Balaban J connectivity index is 1.85. The lowest BCUT2D eigenvalue weighted by Crippen LogP contribution is -2.14. The van der Waals surface area contributed by atoms with Crippen LogP contribution in [0.1, 0.15) is 0 Å². The Labute approximate surface area is 128 Å². The second-order valence-corrected chi connectivity index (χ2v) is 5.27. The number of benzene rings is 1. The molecule has 114 valence electrons. The van der Waals surface area contributed by atoms with Gasteiger partial charge >= 0.3 is 0 Å². The standard InChI is InChI=1S/C17H19N3O2/c1-19-7-6-15(12-17(19)21)18-14-3-4-16-13(11-14)5-8-20(16)9-10-22-2/h3-8,11-12,18H,9-10H2,1-2H3. The summed E-state index contributed by atoms with van der Waals surface area (Å²) in [6.07, 6.45) is 3.82. The molecule has 0 atom stereocenters. The molecule has 3 aromatic rings. The molecule has 5 heteroatoms. The number of hydrogen-bond donors (Lipinski definition) is 1. The van der Waals surface area contributed by atoms with E-state index in [1.165, 1.54) is 5.52 Å². The van der Waals surface area contributed by atoms with Gasteiger partial charge in [0.1, 0.15) is 0 Å². The van der Waals surface area contributed by atoms with E-state index in [1.54, 1.807) is 31.0 Å². The van der Waals surface area contributed by atoms with Gasteiger partial charge in [-0.05, 0) is 30.3 Å². The maximum atomic E-state index is 11.7. The Morgan fingerprint density at radius 2 is 1.91 bits per heavy atom. The Hall–Kier alpha value is -2.53. The highest BCUT2D eigenvalue weighted by Gasteiger charge is 2.03. The minimum absolute atomic E-state index is 0.0307. The fourth-order valence-electron chi connectivity index (χ4n) is 2.46. The van der Waals surface area contributed by atoms with Crippen LogP contribution in [0.4, 0.5) is 11.4 Å². The van der Waals surface area contributed by atoms with E-state index in [-0.39, 0.29) is 5.56 Å². The van der Waals surface area contributed by atoms with E-state index < -0.39 is 0 Å². The number of nitrogens with one attached hydrogen (secondary N) is 1. The monoisotopic (exact) mass is 297 g/mol. The number of ether oxygens (including phenoxy) is 1. The van der Waals surface area contributed by atoms with Crippen LogP contribution in [0.2, 0.25) is 0 Å². The van der Waals surface area contributed by atoms with Gasteiger partial charge in [-0.1, -0.05) is 0 Å². The third-order valence-corrected chi connectivity index (χ3v) is 3.70. The van der Waals surface area contributed by atoms with Gasteiger partial charge in [0, 0.05) is 61.4 Å². The lowest BCUT2D eigenvalue weighted by molar-refractivity contribution is 0.188. The molecule has 22 heavy (non-hydrogen) atoms. The highest BCUT2D eigenvalue weighted by atomic mass is 16.5. The van der Waals surface area contributed by atoms with Gasteiger partial charge in [0.25, 0.3) is 5.56 Å². The second kappa shape index (κ2) is 6.07. The first-order chi connectivity index (χ1) is 10.7. The fraction of sp³-hybridized carbons (Fsp3) is 0.235. The lowest BCUT2D eigenvalue weighted by Gasteiger charge is -2.08. The van der Waals surface area contributed by atoms with Gasteiger partial charge in [-0.15, -0.1) is 0 Å². The molecule has 0 saturated heterocycles. The third kappa shape index (κ3) is 2.89. The van der Waals surface area contributed by atoms with Crippen molar-refractivity contribution in [3.8, 4) is 0 Å². The Morgan fingerprint density at radius 1 is 1.09 bits per heavy atom. The van der Waals surface area contributed by atoms with Crippen molar-refractivity contribution in [3.05, 3.63) is 59.1 Å². The largest absolute Gasteiger partial charge is 0.383 e. The van der Waals surface area contributed by atoms with Gasteiger partial charge < -0.3 is 19.2 Å². The fourth-order valence-corrected chi connectivity index (χ4v) is 2.46. The number of pyridine rings is 1. The highest BCUT2D eigenvalue weighted by molar-refractivity contribution is 5.84. The molecule has 2 aromatic heterocycles. The number of hydrogen-bond acceptors (Lipinski definition) is 3. The summed E-state index contributed by atoms with van der Waals surface area (Å²) in [5.41, 5.74) is 2.90. The zero-order valence-electron chi connectivity index (χ0n) is 12.7. The highest BCUT2D eigenvalue weighted by Crippen LogP contribution is 2.22. The first-order valence-electron chi connectivity index (χ1n) is 7.19. The minimum Gasteiger partial charge on any atom is -0.383 e. The SMILES string of the molecule is COCCn1ccc2cc(Nc3ccn(C)c(=O)c3)ccc21. The topological polar surface area (TPSA) is 48.2 Å². The van der Waals surface area contributed by atoms with Crippen LogP contribution in [0.15, 0.2) is 53.6 Å². The van der Waals surface area contributed by atoms with Crippen molar-refractivity contribution in [1.82, 2.24) is 9.13 Å². The van der Waals surface area contributed by atoms with Gasteiger partial charge in [0.15, 0.2) is 0 Å². The van der Waals surface area contributed by atoms with Gasteiger partial charge in [-0.25, -0.2) is 0 Å². The predicted molar refractivity (Wildman–Crippen MR) is 88.8 cm³/mol. The molecule has 5 nitrogen and oxygen atoms in total. The van der Waals surface area contributed by atoms with Gasteiger partial charge in [0.05, 0.1) is 6.61 Å². The number of rotatable bonds is 5. The third-order valence-electron chi connectivity index (χ3n) is 3.70. The van der Waals surface area contributed by atoms with Crippen LogP contribution in [0.25, 0.3) is 10.9 Å². The van der Waals surface area contributed by atoms with Crippen LogP contribution in [0.5, 0.6) is 0 Å². The van der Waals surface area contributed by atoms with Gasteiger partial charge in [-0.3, -0.25) is 4.79 Å². The van der Waals surface area contributed by atoms with Gasteiger partial charge in [0.2, 0.25) is 0 Å². The van der Waals surface area contributed by atoms with E-state index in [4.69, 9.17) is 4.74 Å². The average Bonchev–Trinajstić information content (AvgIpc) is 2.91. The Kier molecular flexibility index (Phi) is 3.98. The molecule has 0 bridgehead atoms. The van der Waals surface area contributed by atoms with Crippen LogP contribution in [-0.4, -0.2) is 22.9 Å². The Morgan fingerprint density at radius 3 is 2.68 bits per heavy atom. The lowest BCUT2D eigenvalue weighted by atomic mass is 10.2. The molecule has 0 aliphatic carbocycles. The number of fused-ring (bicyclic) bond motifs is 1. The van der Waals surface area contributed by atoms with E-state index >= 15 is 0 Å². The van der Waals surface area contributed by atoms with E-state index in [0.29, 0.717) is 6.61 Å². The van der Waals surface area contributed by atoms with Crippen molar-refractivity contribution in [3.63, 3.8) is 0 Å². The molecule has 1 N–H and O–H groups in total. The predicted octanol–water partition coefficient (Wildman–Crippen LogP) is 2.73. The summed E-state index contributed by atoms with van der Waals surface area (Å²) >= 11 is 0.